The van der Waals surface area contributed by atoms with Gasteiger partial charge >= 0.3 is 0 Å². The van der Waals surface area contributed by atoms with E-state index in [1.165, 1.54) is 12.1 Å². The molecule has 0 fully saturated rings. The van der Waals surface area contributed by atoms with E-state index in [1.54, 1.807) is 29.2 Å². The second-order valence-corrected chi connectivity index (χ2v) is 6.02. The van der Waals surface area contributed by atoms with Crippen LogP contribution >= 0.6 is 31.9 Å². The van der Waals surface area contributed by atoms with E-state index in [0.29, 0.717) is 17.8 Å². The zero-order chi connectivity index (χ0) is 14.7. The number of nitrogens with zero attached hydrogens (tertiary/aromatic N) is 1. The third-order valence-electron chi connectivity index (χ3n) is 2.81. The zero-order valence-corrected chi connectivity index (χ0v) is 13.9. The minimum atomic E-state index is -0.317. The van der Waals surface area contributed by atoms with Gasteiger partial charge < -0.3 is 4.90 Å². The molecule has 0 bridgehead atoms. The maximum Gasteiger partial charge on any atom is 0.258 e. The van der Waals surface area contributed by atoms with Crippen molar-refractivity contribution in [1.82, 2.24) is 0 Å². The molecule has 0 aliphatic heterocycles. The molecule has 2 aromatic carbocycles. The van der Waals surface area contributed by atoms with Crippen LogP contribution in [0.5, 0.6) is 0 Å². The first-order chi connectivity index (χ1) is 9.51. The van der Waals surface area contributed by atoms with E-state index in [0.717, 1.165) is 8.95 Å². The van der Waals surface area contributed by atoms with Gasteiger partial charge in [0.25, 0.3) is 5.91 Å². The van der Waals surface area contributed by atoms with Crippen molar-refractivity contribution in [2.45, 2.75) is 6.92 Å². The molecule has 0 aliphatic carbocycles. The highest BCUT2D eigenvalue weighted by molar-refractivity contribution is 9.11. The molecule has 0 saturated heterocycles. The number of carbonyl (C=O) groups excluding carboxylic acids is 1. The highest BCUT2D eigenvalue weighted by Gasteiger charge is 2.17. The van der Waals surface area contributed by atoms with Gasteiger partial charge in [0, 0.05) is 26.7 Å². The molecule has 5 heteroatoms. The van der Waals surface area contributed by atoms with E-state index < -0.39 is 0 Å². The second-order valence-electron chi connectivity index (χ2n) is 4.18. The summed E-state index contributed by atoms with van der Waals surface area (Å²) in [5, 5.41) is 0. The summed E-state index contributed by atoms with van der Waals surface area (Å²) in [4.78, 5) is 14.2. The van der Waals surface area contributed by atoms with Gasteiger partial charge in [0.15, 0.2) is 0 Å². The minimum absolute atomic E-state index is 0.124. The standard InChI is InChI=1S/C15H12Br2FNO/c1-2-19(14-5-3-13(18)4-6-14)15(20)10-7-11(16)9-12(17)8-10/h3-9H,2H2,1H3. The molecule has 2 rings (SSSR count). The van der Waals surface area contributed by atoms with Crippen LogP contribution in [-0.4, -0.2) is 12.5 Å². The summed E-state index contributed by atoms with van der Waals surface area (Å²) < 4.78 is 14.6. The summed E-state index contributed by atoms with van der Waals surface area (Å²) in [7, 11) is 0. The lowest BCUT2D eigenvalue weighted by molar-refractivity contribution is 0.0988. The molecule has 0 radical (unpaired) electrons. The minimum Gasteiger partial charge on any atom is -0.309 e. The summed E-state index contributed by atoms with van der Waals surface area (Å²) in [6.45, 7) is 2.39. The van der Waals surface area contributed by atoms with Crippen molar-refractivity contribution in [3.63, 3.8) is 0 Å². The van der Waals surface area contributed by atoms with E-state index in [1.807, 2.05) is 13.0 Å². The summed E-state index contributed by atoms with van der Waals surface area (Å²) in [5.74, 6) is -0.441. The number of rotatable bonds is 3. The molecular formula is C15H12Br2FNO. The van der Waals surface area contributed by atoms with Crippen LogP contribution in [0.25, 0.3) is 0 Å². The first-order valence-corrected chi connectivity index (χ1v) is 7.63. The van der Waals surface area contributed by atoms with Gasteiger partial charge in [0.05, 0.1) is 0 Å². The Morgan fingerprint density at radius 3 is 2.15 bits per heavy atom. The lowest BCUT2D eigenvalue weighted by Gasteiger charge is -2.21. The van der Waals surface area contributed by atoms with Crippen LogP contribution in [0, 0.1) is 5.82 Å². The van der Waals surface area contributed by atoms with Gasteiger partial charge in [-0.25, -0.2) is 4.39 Å². The molecule has 1 amide bonds. The monoisotopic (exact) mass is 399 g/mol. The van der Waals surface area contributed by atoms with Gasteiger partial charge in [-0.15, -0.1) is 0 Å². The molecule has 104 valence electrons. The lowest BCUT2D eigenvalue weighted by Crippen LogP contribution is -2.30. The largest absolute Gasteiger partial charge is 0.309 e. The first-order valence-electron chi connectivity index (χ1n) is 6.05. The molecule has 0 spiro atoms. The van der Waals surface area contributed by atoms with E-state index >= 15 is 0 Å². The third kappa shape index (κ3) is 3.46. The Morgan fingerprint density at radius 1 is 1.10 bits per heavy atom. The molecular weight excluding hydrogens is 389 g/mol. The van der Waals surface area contributed by atoms with Gasteiger partial charge in [-0.2, -0.15) is 0 Å². The van der Waals surface area contributed by atoms with Crippen molar-refractivity contribution < 1.29 is 9.18 Å². The van der Waals surface area contributed by atoms with Crippen molar-refractivity contribution >= 4 is 43.5 Å². The molecule has 2 nitrogen and oxygen atoms in total. The summed E-state index contributed by atoms with van der Waals surface area (Å²) in [6.07, 6.45) is 0. The van der Waals surface area contributed by atoms with Crippen LogP contribution in [0.1, 0.15) is 17.3 Å². The number of anilines is 1. The van der Waals surface area contributed by atoms with Crippen molar-refractivity contribution in [2.24, 2.45) is 0 Å². The Hall–Kier alpha value is -1.20. The summed E-state index contributed by atoms with van der Waals surface area (Å²) in [6, 6.07) is 11.3. The zero-order valence-electron chi connectivity index (χ0n) is 10.7. The quantitative estimate of drug-likeness (QED) is 0.708. The lowest BCUT2D eigenvalue weighted by atomic mass is 10.2. The van der Waals surface area contributed by atoms with Crippen LogP contribution < -0.4 is 4.90 Å². The fraction of sp³-hybridized carbons (Fsp3) is 0.133. The van der Waals surface area contributed by atoms with Crippen LogP contribution in [-0.2, 0) is 0 Å². The number of halogens is 3. The van der Waals surface area contributed by atoms with Crippen LogP contribution in [0.15, 0.2) is 51.4 Å². The predicted octanol–water partition coefficient (Wildman–Crippen LogP) is 5.02. The van der Waals surface area contributed by atoms with Crippen molar-refractivity contribution in [3.8, 4) is 0 Å². The Kier molecular flexibility index (Phi) is 4.94. The Bertz CT molecular complexity index is 608. The van der Waals surface area contributed by atoms with E-state index in [2.05, 4.69) is 31.9 Å². The number of hydrogen-bond donors (Lipinski definition) is 0. The molecule has 0 unspecified atom stereocenters. The third-order valence-corrected chi connectivity index (χ3v) is 3.72. The molecule has 20 heavy (non-hydrogen) atoms. The number of amides is 1. The van der Waals surface area contributed by atoms with Crippen molar-refractivity contribution in [1.29, 1.82) is 0 Å². The average Bonchev–Trinajstić information content (AvgIpc) is 2.40. The summed E-state index contributed by atoms with van der Waals surface area (Å²) in [5.41, 5.74) is 1.24. The normalized spacial score (nSPS) is 10.4. The SMILES string of the molecule is CCN(C(=O)c1cc(Br)cc(Br)c1)c1ccc(F)cc1. The average molecular weight is 401 g/mol. The molecule has 0 N–H and O–H groups in total. The number of hydrogen-bond acceptors (Lipinski definition) is 1. The molecule has 0 aromatic heterocycles. The maximum atomic E-state index is 13.0. The van der Waals surface area contributed by atoms with Gasteiger partial charge in [0.1, 0.15) is 5.82 Å². The first kappa shape index (κ1) is 15.2. The Labute approximate surface area is 133 Å². The Morgan fingerprint density at radius 2 is 1.65 bits per heavy atom. The summed E-state index contributed by atoms with van der Waals surface area (Å²) >= 11 is 6.74. The van der Waals surface area contributed by atoms with Gasteiger partial charge in [0.2, 0.25) is 0 Å². The predicted molar refractivity (Wildman–Crippen MR) is 85.6 cm³/mol. The van der Waals surface area contributed by atoms with Crippen LogP contribution in [0.2, 0.25) is 0 Å². The van der Waals surface area contributed by atoms with Crippen molar-refractivity contribution in [3.05, 3.63) is 62.8 Å². The van der Waals surface area contributed by atoms with Crippen LogP contribution in [0.4, 0.5) is 10.1 Å². The fourth-order valence-corrected chi connectivity index (χ4v) is 3.19. The highest BCUT2D eigenvalue weighted by atomic mass is 79.9. The Balaban J connectivity index is 2.36. The van der Waals surface area contributed by atoms with Gasteiger partial charge in [-0.3, -0.25) is 4.79 Å². The molecule has 0 heterocycles. The van der Waals surface area contributed by atoms with E-state index in [-0.39, 0.29) is 11.7 Å². The van der Waals surface area contributed by atoms with E-state index in [4.69, 9.17) is 0 Å². The number of carbonyl (C=O) groups is 1. The van der Waals surface area contributed by atoms with Gasteiger partial charge in [-0.05, 0) is 49.4 Å². The van der Waals surface area contributed by atoms with Crippen LogP contribution in [0.3, 0.4) is 0 Å². The fourth-order valence-electron chi connectivity index (χ4n) is 1.90. The second kappa shape index (κ2) is 6.50. The molecule has 0 saturated carbocycles. The maximum absolute atomic E-state index is 13.0. The number of benzene rings is 2. The molecule has 0 aliphatic rings. The van der Waals surface area contributed by atoms with E-state index in [9.17, 15) is 9.18 Å². The molecule has 2 aromatic rings. The van der Waals surface area contributed by atoms with Gasteiger partial charge in [-0.1, -0.05) is 31.9 Å². The topological polar surface area (TPSA) is 20.3 Å². The highest BCUT2D eigenvalue weighted by Crippen LogP contribution is 2.23. The molecule has 0 atom stereocenters. The van der Waals surface area contributed by atoms with Crippen molar-refractivity contribution in [2.75, 3.05) is 11.4 Å². The smallest absolute Gasteiger partial charge is 0.258 e.